The quantitative estimate of drug-likeness (QED) is 0.667. The van der Waals surface area contributed by atoms with Gasteiger partial charge in [-0.2, -0.15) is 4.98 Å². The number of hydrogen-bond acceptors (Lipinski definition) is 7. The van der Waals surface area contributed by atoms with Gasteiger partial charge in [0.1, 0.15) is 23.3 Å². The molecule has 0 amide bonds. The maximum atomic E-state index is 12.9. The third kappa shape index (κ3) is 3.30. The fraction of sp³-hybridized carbons (Fsp3) is 0.261. The number of rotatable bonds is 4. The number of nitrogens with one attached hydrogen (secondary N) is 1. The second-order valence-corrected chi connectivity index (χ2v) is 7.60. The van der Waals surface area contributed by atoms with E-state index in [1.165, 1.54) is 0 Å². The first-order chi connectivity index (χ1) is 15.1. The first-order valence-electron chi connectivity index (χ1n) is 10.1. The molecule has 2 aromatic carbocycles. The van der Waals surface area contributed by atoms with Gasteiger partial charge in [0, 0.05) is 29.3 Å². The van der Waals surface area contributed by atoms with Crippen LogP contribution in [0.2, 0.25) is 0 Å². The van der Waals surface area contributed by atoms with E-state index in [1.807, 2.05) is 18.2 Å². The Morgan fingerprint density at radius 1 is 1.10 bits per heavy atom. The maximum absolute atomic E-state index is 12.9. The number of methoxy groups -OCH3 is 2. The van der Waals surface area contributed by atoms with Crippen LogP contribution in [0.4, 0.5) is 5.95 Å². The molecule has 1 atom stereocenters. The number of Topliss-reactive ketones (excluding diaryl/α,β-unsaturated/α-hetero) is 1. The van der Waals surface area contributed by atoms with Crippen molar-refractivity contribution in [3.05, 3.63) is 59.3 Å². The molecule has 0 saturated heterocycles. The Labute approximate surface area is 179 Å². The standard InChI is InChI=1S/C23H22N4O4/c1-30-16-10-14(11-17(12-16)31-2)22-25-23-24-18-7-4-8-19(29)20(18)21(27(23)26-22)13-5-3-6-15(28)9-13/h3,5-6,9-12,21,28H,4,7-8H2,1-2H3,(H,24,25,26)/t21-/m0/s1. The number of phenols is 1. The van der Waals surface area contributed by atoms with Crippen LogP contribution in [0.5, 0.6) is 17.2 Å². The van der Waals surface area contributed by atoms with Crippen molar-refractivity contribution >= 4 is 11.7 Å². The number of nitrogens with zero attached hydrogens (tertiary/aromatic N) is 3. The Kier molecular flexibility index (Phi) is 4.62. The molecule has 0 unspecified atom stereocenters. The molecule has 0 saturated carbocycles. The molecule has 0 fully saturated rings. The van der Waals surface area contributed by atoms with E-state index >= 15 is 0 Å². The number of aromatic hydroxyl groups is 1. The van der Waals surface area contributed by atoms with Gasteiger partial charge in [0.05, 0.1) is 14.2 Å². The van der Waals surface area contributed by atoms with Crippen molar-refractivity contribution in [3.8, 4) is 28.6 Å². The predicted molar refractivity (Wildman–Crippen MR) is 114 cm³/mol. The van der Waals surface area contributed by atoms with Gasteiger partial charge < -0.3 is 19.9 Å². The number of allylic oxidation sites excluding steroid dienone is 2. The predicted octanol–water partition coefficient (Wildman–Crippen LogP) is 3.69. The zero-order chi connectivity index (χ0) is 21.5. The summed E-state index contributed by atoms with van der Waals surface area (Å²) in [5.74, 6) is 2.53. The number of ether oxygens (including phenoxy) is 2. The van der Waals surface area contributed by atoms with E-state index in [1.54, 1.807) is 43.2 Å². The number of fused-ring (bicyclic) bond motifs is 1. The first-order valence-corrected chi connectivity index (χ1v) is 10.1. The van der Waals surface area contributed by atoms with E-state index in [0.717, 1.165) is 29.7 Å². The van der Waals surface area contributed by atoms with Crippen molar-refractivity contribution in [1.29, 1.82) is 0 Å². The summed E-state index contributed by atoms with van der Waals surface area (Å²) in [5, 5.41) is 18.1. The summed E-state index contributed by atoms with van der Waals surface area (Å²) in [5.41, 5.74) is 3.08. The highest BCUT2D eigenvalue weighted by atomic mass is 16.5. The number of benzene rings is 2. The fourth-order valence-corrected chi connectivity index (χ4v) is 4.22. The van der Waals surface area contributed by atoms with Crippen molar-refractivity contribution in [3.63, 3.8) is 0 Å². The fourth-order valence-electron chi connectivity index (χ4n) is 4.22. The molecule has 2 aliphatic rings. The Hall–Kier alpha value is -3.81. The van der Waals surface area contributed by atoms with Gasteiger partial charge in [-0.05, 0) is 42.7 Å². The van der Waals surface area contributed by atoms with Crippen molar-refractivity contribution < 1.29 is 19.4 Å². The molecule has 1 aromatic heterocycles. The van der Waals surface area contributed by atoms with Gasteiger partial charge in [-0.15, -0.1) is 5.10 Å². The topological polar surface area (TPSA) is 98.5 Å². The lowest BCUT2D eigenvalue weighted by molar-refractivity contribution is -0.116. The number of anilines is 1. The summed E-state index contributed by atoms with van der Waals surface area (Å²) >= 11 is 0. The molecule has 158 valence electrons. The SMILES string of the molecule is COc1cc(OC)cc(-c2nc3n(n2)[C@@H](c2cccc(O)c2)C2=C(CCCC2=O)N3)c1. The summed E-state index contributed by atoms with van der Waals surface area (Å²) in [6, 6.07) is 11.9. The van der Waals surface area contributed by atoms with Gasteiger partial charge in [-0.25, -0.2) is 4.68 Å². The van der Waals surface area contributed by atoms with Crippen LogP contribution in [-0.2, 0) is 4.79 Å². The minimum absolute atomic E-state index is 0.0906. The van der Waals surface area contributed by atoms with Gasteiger partial charge in [-0.3, -0.25) is 4.79 Å². The first kappa shape index (κ1) is 19.2. The molecule has 0 bridgehead atoms. The van der Waals surface area contributed by atoms with Crippen LogP contribution in [0, 0.1) is 0 Å². The van der Waals surface area contributed by atoms with Crippen LogP contribution < -0.4 is 14.8 Å². The van der Waals surface area contributed by atoms with E-state index < -0.39 is 6.04 Å². The summed E-state index contributed by atoms with van der Waals surface area (Å²) in [6.45, 7) is 0. The molecule has 8 nitrogen and oxygen atoms in total. The third-order valence-electron chi connectivity index (χ3n) is 5.66. The van der Waals surface area contributed by atoms with Gasteiger partial charge in [0.2, 0.25) is 5.95 Å². The Bertz CT molecular complexity index is 1190. The van der Waals surface area contributed by atoms with E-state index in [-0.39, 0.29) is 11.5 Å². The molecule has 1 aliphatic carbocycles. The second-order valence-electron chi connectivity index (χ2n) is 7.60. The van der Waals surface area contributed by atoms with Crippen molar-refractivity contribution in [2.45, 2.75) is 25.3 Å². The summed E-state index contributed by atoms with van der Waals surface area (Å²) in [4.78, 5) is 17.6. The van der Waals surface area contributed by atoms with E-state index in [0.29, 0.717) is 35.3 Å². The third-order valence-corrected chi connectivity index (χ3v) is 5.66. The highest BCUT2D eigenvalue weighted by Crippen LogP contribution is 2.41. The van der Waals surface area contributed by atoms with Gasteiger partial charge in [-0.1, -0.05) is 12.1 Å². The van der Waals surface area contributed by atoms with Gasteiger partial charge >= 0.3 is 0 Å². The largest absolute Gasteiger partial charge is 0.508 e. The van der Waals surface area contributed by atoms with Crippen LogP contribution in [0.25, 0.3) is 11.4 Å². The molecule has 2 heterocycles. The van der Waals surface area contributed by atoms with Crippen molar-refractivity contribution in [1.82, 2.24) is 14.8 Å². The van der Waals surface area contributed by atoms with Crippen LogP contribution >= 0.6 is 0 Å². The lowest BCUT2D eigenvalue weighted by Crippen LogP contribution is -2.31. The highest BCUT2D eigenvalue weighted by Gasteiger charge is 2.37. The van der Waals surface area contributed by atoms with Crippen LogP contribution in [-0.4, -0.2) is 39.9 Å². The van der Waals surface area contributed by atoms with E-state index in [2.05, 4.69) is 5.32 Å². The number of phenolic OH excluding ortho intramolecular Hbond substituents is 1. The molecule has 0 spiro atoms. The van der Waals surface area contributed by atoms with Crippen LogP contribution in [0.3, 0.4) is 0 Å². The minimum Gasteiger partial charge on any atom is -0.508 e. The number of carbonyl (C=O) groups is 1. The molecular weight excluding hydrogens is 396 g/mol. The molecule has 1 aliphatic heterocycles. The van der Waals surface area contributed by atoms with E-state index in [9.17, 15) is 9.90 Å². The monoisotopic (exact) mass is 418 g/mol. The normalized spacial score (nSPS) is 17.6. The van der Waals surface area contributed by atoms with Crippen LogP contribution in [0.1, 0.15) is 30.9 Å². The lowest BCUT2D eigenvalue weighted by atomic mass is 9.85. The summed E-state index contributed by atoms with van der Waals surface area (Å²) < 4.78 is 12.5. The Morgan fingerprint density at radius 3 is 2.58 bits per heavy atom. The maximum Gasteiger partial charge on any atom is 0.226 e. The van der Waals surface area contributed by atoms with Gasteiger partial charge in [0.15, 0.2) is 11.6 Å². The lowest BCUT2D eigenvalue weighted by Gasteiger charge is -2.32. The Morgan fingerprint density at radius 2 is 1.87 bits per heavy atom. The second kappa shape index (κ2) is 7.46. The number of aromatic nitrogens is 3. The van der Waals surface area contributed by atoms with Crippen molar-refractivity contribution in [2.75, 3.05) is 19.5 Å². The number of ketones is 1. The minimum atomic E-state index is -0.458. The average molecular weight is 418 g/mol. The zero-order valence-corrected chi connectivity index (χ0v) is 17.3. The molecular formula is C23H22N4O4. The Balaban J connectivity index is 1.67. The van der Waals surface area contributed by atoms with E-state index in [4.69, 9.17) is 19.6 Å². The molecule has 3 aromatic rings. The molecule has 5 rings (SSSR count). The van der Waals surface area contributed by atoms with Crippen molar-refractivity contribution in [2.24, 2.45) is 0 Å². The highest BCUT2D eigenvalue weighted by molar-refractivity contribution is 5.99. The molecule has 2 N–H and O–H groups in total. The average Bonchev–Trinajstić information content (AvgIpc) is 3.21. The number of hydrogen-bond donors (Lipinski definition) is 2. The molecule has 8 heteroatoms. The molecule has 31 heavy (non-hydrogen) atoms. The summed E-state index contributed by atoms with van der Waals surface area (Å²) in [7, 11) is 3.18. The van der Waals surface area contributed by atoms with Gasteiger partial charge in [0.25, 0.3) is 0 Å². The smallest absolute Gasteiger partial charge is 0.226 e. The summed E-state index contributed by atoms with van der Waals surface area (Å²) in [6.07, 6.45) is 2.07. The zero-order valence-electron chi connectivity index (χ0n) is 17.3. The number of carbonyl (C=O) groups excluding carboxylic acids is 1. The molecule has 0 radical (unpaired) electrons. The van der Waals surface area contributed by atoms with Crippen LogP contribution in [0.15, 0.2) is 53.7 Å².